The quantitative estimate of drug-likeness (QED) is 0.852. The van der Waals surface area contributed by atoms with Crippen LogP contribution in [0.25, 0.3) is 11.0 Å². The van der Waals surface area contributed by atoms with Gasteiger partial charge in [0.15, 0.2) is 0 Å². The molecule has 0 amide bonds. The van der Waals surface area contributed by atoms with Crippen molar-refractivity contribution in [3.05, 3.63) is 23.8 Å². The highest BCUT2D eigenvalue weighted by molar-refractivity contribution is 5.92. The molecule has 1 atom stereocenters. The molecule has 3 N–H and O–H groups in total. The van der Waals surface area contributed by atoms with Crippen molar-refractivity contribution in [2.45, 2.75) is 26.3 Å². The number of aromatic nitrogens is 2. The molecule has 2 aromatic rings. The van der Waals surface area contributed by atoms with Crippen LogP contribution in [0.4, 0.5) is 5.95 Å². The first-order chi connectivity index (χ1) is 8.04. The van der Waals surface area contributed by atoms with Gasteiger partial charge in [0.05, 0.1) is 16.6 Å². The summed E-state index contributed by atoms with van der Waals surface area (Å²) >= 11 is 0. The second-order valence-corrected chi connectivity index (χ2v) is 4.11. The number of nitrogen functional groups attached to an aromatic ring is 1. The normalized spacial score (nSPS) is 12.8. The Morgan fingerprint density at radius 2 is 2.29 bits per heavy atom. The lowest BCUT2D eigenvalue weighted by Gasteiger charge is -2.13. The van der Waals surface area contributed by atoms with Gasteiger partial charge in [0.1, 0.15) is 0 Å². The van der Waals surface area contributed by atoms with E-state index in [0.717, 1.165) is 11.9 Å². The molecule has 0 aliphatic carbocycles. The summed E-state index contributed by atoms with van der Waals surface area (Å²) in [6.07, 6.45) is 0.941. The Morgan fingerprint density at radius 3 is 2.88 bits per heavy atom. The van der Waals surface area contributed by atoms with E-state index in [9.17, 15) is 4.79 Å². The zero-order valence-electron chi connectivity index (χ0n) is 9.84. The van der Waals surface area contributed by atoms with Gasteiger partial charge in [-0.3, -0.25) is 0 Å². The zero-order chi connectivity index (χ0) is 12.6. The van der Waals surface area contributed by atoms with Gasteiger partial charge in [-0.25, -0.2) is 9.78 Å². The van der Waals surface area contributed by atoms with Crippen molar-refractivity contribution in [3.63, 3.8) is 0 Å². The van der Waals surface area contributed by atoms with Crippen LogP contribution >= 0.6 is 0 Å². The first kappa shape index (κ1) is 11.4. The summed E-state index contributed by atoms with van der Waals surface area (Å²) in [6.45, 7) is 4.13. The van der Waals surface area contributed by atoms with Crippen molar-refractivity contribution in [2.24, 2.45) is 0 Å². The highest BCUT2D eigenvalue weighted by atomic mass is 16.4. The summed E-state index contributed by atoms with van der Waals surface area (Å²) in [7, 11) is 0. The average molecular weight is 233 g/mol. The van der Waals surface area contributed by atoms with Crippen LogP contribution in [-0.4, -0.2) is 20.6 Å². The molecule has 1 heterocycles. The highest BCUT2D eigenvalue weighted by Crippen LogP contribution is 2.25. The molecule has 90 valence electrons. The number of hydrogen-bond acceptors (Lipinski definition) is 3. The molecule has 5 heteroatoms. The summed E-state index contributed by atoms with van der Waals surface area (Å²) in [6, 6.07) is 5.13. The van der Waals surface area contributed by atoms with E-state index >= 15 is 0 Å². The number of carboxylic acids is 1. The van der Waals surface area contributed by atoms with Crippen molar-refractivity contribution >= 4 is 23.0 Å². The van der Waals surface area contributed by atoms with E-state index < -0.39 is 5.97 Å². The van der Waals surface area contributed by atoms with Crippen molar-refractivity contribution < 1.29 is 9.90 Å². The van der Waals surface area contributed by atoms with E-state index in [1.165, 1.54) is 0 Å². The molecule has 17 heavy (non-hydrogen) atoms. The fourth-order valence-electron chi connectivity index (χ4n) is 1.90. The molecule has 0 aliphatic heterocycles. The predicted molar refractivity (Wildman–Crippen MR) is 66.1 cm³/mol. The smallest absolute Gasteiger partial charge is 0.335 e. The van der Waals surface area contributed by atoms with Gasteiger partial charge in [0, 0.05) is 6.04 Å². The zero-order valence-corrected chi connectivity index (χ0v) is 9.84. The number of carbonyl (C=O) groups is 1. The van der Waals surface area contributed by atoms with Crippen LogP contribution in [0.1, 0.15) is 36.7 Å². The molecule has 0 fully saturated rings. The van der Waals surface area contributed by atoms with E-state index in [2.05, 4.69) is 18.8 Å². The molecule has 1 unspecified atom stereocenters. The molecular weight excluding hydrogens is 218 g/mol. The minimum absolute atomic E-state index is 0.228. The van der Waals surface area contributed by atoms with E-state index in [1.54, 1.807) is 18.2 Å². The van der Waals surface area contributed by atoms with Crippen LogP contribution < -0.4 is 5.73 Å². The van der Waals surface area contributed by atoms with Crippen molar-refractivity contribution in [2.75, 3.05) is 5.73 Å². The van der Waals surface area contributed by atoms with Gasteiger partial charge in [-0.15, -0.1) is 0 Å². The van der Waals surface area contributed by atoms with Gasteiger partial charge in [0.25, 0.3) is 0 Å². The molecule has 0 saturated carbocycles. The largest absolute Gasteiger partial charge is 0.478 e. The molecular formula is C12H15N3O2. The van der Waals surface area contributed by atoms with Gasteiger partial charge in [-0.2, -0.15) is 0 Å². The summed E-state index contributed by atoms with van der Waals surface area (Å²) in [4.78, 5) is 15.1. The van der Waals surface area contributed by atoms with E-state index in [4.69, 9.17) is 10.8 Å². The summed E-state index contributed by atoms with van der Waals surface area (Å²) in [5, 5.41) is 8.91. The number of hydrogen-bond donors (Lipinski definition) is 2. The third kappa shape index (κ3) is 1.84. The number of imidazole rings is 1. The standard InChI is InChI=1S/C12H15N3O2/c1-3-7(2)15-10-5-4-8(11(16)17)6-9(10)14-12(15)13/h4-7H,3H2,1-2H3,(H2,13,14)(H,16,17). The molecule has 0 saturated heterocycles. The third-order valence-corrected chi connectivity index (χ3v) is 3.00. The fraction of sp³-hybridized carbons (Fsp3) is 0.333. The number of fused-ring (bicyclic) bond motifs is 1. The number of carboxylic acid groups (broad SMARTS) is 1. The SMILES string of the molecule is CCC(C)n1c(N)nc2cc(C(=O)O)ccc21. The number of rotatable bonds is 3. The molecule has 5 nitrogen and oxygen atoms in total. The Labute approximate surface area is 98.9 Å². The molecule has 2 rings (SSSR count). The number of benzene rings is 1. The number of aromatic carboxylic acids is 1. The molecule has 0 aliphatic rings. The summed E-state index contributed by atoms with van der Waals surface area (Å²) < 4.78 is 1.93. The van der Waals surface area contributed by atoms with Gasteiger partial charge in [0.2, 0.25) is 5.95 Å². The second-order valence-electron chi connectivity index (χ2n) is 4.11. The molecule has 0 spiro atoms. The Morgan fingerprint density at radius 1 is 1.59 bits per heavy atom. The van der Waals surface area contributed by atoms with Crippen LogP contribution in [0.5, 0.6) is 0 Å². The maximum Gasteiger partial charge on any atom is 0.335 e. The van der Waals surface area contributed by atoms with E-state index in [0.29, 0.717) is 11.5 Å². The second kappa shape index (κ2) is 4.08. The third-order valence-electron chi connectivity index (χ3n) is 3.00. The average Bonchev–Trinajstić information content (AvgIpc) is 2.62. The molecule has 0 bridgehead atoms. The van der Waals surface area contributed by atoms with Crippen molar-refractivity contribution in [1.82, 2.24) is 9.55 Å². The first-order valence-electron chi connectivity index (χ1n) is 5.55. The lowest BCUT2D eigenvalue weighted by Crippen LogP contribution is -2.07. The van der Waals surface area contributed by atoms with Crippen molar-refractivity contribution in [3.8, 4) is 0 Å². The number of anilines is 1. The topological polar surface area (TPSA) is 81.1 Å². The lowest BCUT2D eigenvalue weighted by molar-refractivity contribution is 0.0697. The van der Waals surface area contributed by atoms with Crippen molar-refractivity contribution in [1.29, 1.82) is 0 Å². The van der Waals surface area contributed by atoms with Gasteiger partial charge in [-0.1, -0.05) is 6.92 Å². The Balaban J connectivity index is 2.64. The Bertz CT molecular complexity index is 574. The number of nitrogens with zero attached hydrogens (tertiary/aromatic N) is 2. The monoisotopic (exact) mass is 233 g/mol. The van der Waals surface area contributed by atoms with Crippen LogP contribution in [0.3, 0.4) is 0 Å². The van der Waals surface area contributed by atoms with Crippen LogP contribution in [0.2, 0.25) is 0 Å². The van der Waals surface area contributed by atoms with E-state index in [1.807, 2.05) is 4.57 Å². The summed E-state index contributed by atoms with van der Waals surface area (Å²) in [5.41, 5.74) is 7.59. The number of nitrogens with two attached hydrogens (primary N) is 1. The molecule has 1 aromatic carbocycles. The van der Waals surface area contributed by atoms with E-state index in [-0.39, 0.29) is 11.6 Å². The van der Waals surface area contributed by atoms with Gasteiger partial charge < -0.3 is 15.4 Å². The van der Waals surface area contributed by atoms with Gasteiger partial charge >= 0.3 is 5.97 Å². The summed E-state index contributed by atoms with van der Waals surface area (Å²) in [5.74, 6) is -0.527. The maximum absolute atomic E-state index is 10.9. The van der Waals surface area contributed by atoms with Crippen LogP contribution in [0.15, 0.2) is 18.2 Å². The highest BCUT2D eigenvalue weighted by Gasteiger charge is 2.14. The Hall–Kier alpha value is -2.04. The van der Waals surface area contributed by atoms with Crippen LogP contribution in [-0.2, 0) is 0 Å². The molecule has 0 radical (unpaired) electrons. The maximum atomic E-state index is 10.9. The first-order valence-corrected chi connectivity index (χ1v) is 5.55. The van der Waals surface area contributed by atoms with Crippen LogP contribution in [0, 0.1) is 0 Å². The lowest BCUT2D eigenvalue weighted by atomic mass is 10.2. The van der Waals surface area contributed by atoms with Gasteiger partial charge in [-0.05, 0) is 31.5 Å². The fourth-order valence-corrected chi connectivity index (χ4v) is 1.90. The molecule has 1 aromatic heterocycles. The Kier molecular flexibility index (Phi) is 2.75. The minimum atomic E-state index is -0.955. The minimum Gasteiger partial charge on any atom is -0.478 e. The predicted octanol–water partition coefficient (Wildman–Crippen LogP) is 2.29.